The lowest BCUT2D eigenvalue weighted by molar-refractivity contribution is -0.660. The van der Waals surface area contributed by atoms with Crippen LogP contribution >= 0.6 is 0 Å². The number of hydrogen-bond donors (Lipinski definition) is 0. The van der Waals surface area contributed by atoms with E-state index in [-0.39, 0.29) is 0 Å². The average molecular weight is 372 g/mol. The van der Waals surface area contributed by atoms with Crippen molar-refractivity contribution in [2.24, 2.45) is 7.05 Å². The molecule has 0 fully saturated rings. The van der Waals surface area contributed by atoms with Gasteiger partial charge in [0.25, 0.3) is 0 Å². The molecule has 2 aromatic carbocycles. The number of benzene rings is 2. The van der Waals surface area contributed by atoms with E-state index in [1.54, 1.807) is 0 Å². The highest BCUT2D eigenvalue weighted by molar-refractivity contribution is 6.90. The minimum absolute atomic E-state index is 0.740. The summed E-state index contributed by atoms with van der Waals surface area (Å²) in [5.74, 6) is 0. The molecule has 0 saturated heterocycles. The number of aryl methyl sites for hydroxylation is 2. The van der Waals surface area contributed by atoms with Crippen LogP contribution in [0.1, 0.15) is 11.1 Å². The van der Waals surface area contributed by atoms with Gasteiger partial charge >= 0.3 is 0 Å². The molecule has 4 rings (SSSR count). The van der Waals surface area contributed by atoms with Crippen molar-refractivity contribution < 1.29 is 8.98 Å². The van der Waals surface area contributed by atoms with Gasteiger partial charge in [0, 0.05) is 22.9 Å². The smallest absolute Gasteiger partial charge is 0.216 e. The molecule has 0 atom stereocenters. The third-order valence-corrected chi connectivity index (χ3v) is 7.20. The summed E-state index contributed by atoms with van der Waals surface area (Å²) < 4.78 is 8.66. The molecule has 3 nitrogen and oxygen atoms in total. The van der Waals surface area contributed by atoms with E-state index in [2.05, 4.69) is 74.7 Å². The Hall–Kier alpha value is -2.90. The van der Waals surface area contributed by atoms with Crippen LogP contribution in [0.2, 0.25) is 19.6 Å². The molecule has 0 spiro atoms. The number of aromatic nitrogens is 1. The predicted molar refractivity (Wildman–Crippen MR) is 113 cm³/mol. The first-order chi connectivity index (χ1) is 12.8. The molecule has 0 N–H and O–H groups in total. The third kappa shape index (κ3) is 2.67. The van der Waals surface area contributed by atoms with Crippen LogP contribution in [0, 0.1) is 18.3 Å². The number of rotatable bonds is 2. The first kappa shape index (κ1) is 17.5. The summed E-state index contributed by atoms with van der Waals surface area (Å²) in [7, 11) is 0.284. The van der Waals surface area contributed by atoms with Crippen molar-refractivity contribution in [1.29, 1.82) is 5.26 Å². The molecule has 0 aliphatic heterocycles. The maximum absolute atomic E-state index is 9.66. The van der Waals surface area contributed by atoms with E-state index < -0.39 is 8.07 Å². The van der Waals surface area contributed by atoms with Crippen LogP contribution in [0.4, 0.5) is 0 Å². The lowest BCUT2D eigenvalue weighted by atomic mass is 10.0. The largest absolute Gasteiger partial charge is 0.455 e. The summed E-state index contributed by atoms with van der Waals surface area (Å²) >= 11 is 0. The van der Waals surface area contributed by atoms with Crippen LogP contribution in [0.15, 0.2) is 53.1 Å². The highest BCUT2D eigenvalue weighted by Gasteiger charge is 2.28. The van der Waals surface area contributed by atoms with E-state index >= 15 is 0 Å². The minimum atomic E-state index is -1.77. The van der Waals surface area contributed by atoms with Crippen molar-refractivity contribution in [3.05, 3.63) is 59.8 Å². The monoisotopic (exact) mass is 371 g/mol. The molecule has 0 unspecified atom stereocenters. The Labute approximate surface area is 160 Å². The first-order valence-electron chi connectivity index (χ1n) is 9.17. The normalized spacial score (nSPS) is 11.9. The Morgan fingerprint density at radius 1 is 0.963 bits per heavy atom. The lowest BCUT2D eigenvalue weighted by Gasteiger charge is -2.18. The molecule has 0 saturated carbocycles. The van der Waals surface area contributed by atoms with E-state index in [1.807, 2.05) is 18.2 Å². The van der Waals surface area contributed by atoms with Gasteiger partial charge in [0.1, 0.15) is 18.2 Å². The fraction of sp³-hybridized carbons (Fsp3) is 0.217. The first-order valence-corrected chi connectivity index (χ1v) is 12.7. The van der Waals surface area contributed by atoms with Gasteiger partial charge in [-0.2, -0.15) is 5.26 Å². The second-order valence-corrected chi connectivity index (χ2v) is 13.2. The predicted octanol–water partition coefficient (Wildman–Crippen LogP) is 4.80. The van der Waals surface area contributed by atoms with Crippen molar-refractivity contribution in [2.75, 3.05) is 0 Å². The summed E-state index contributed by atoms with van der Waals surface area (Å²) in [6.07, 6.45) is 2.05. The molecule has 0 amide bonds. The summed E-state index contributed by atoms with van der Waals surface area (Å²) in [6, 6.07) is 16.9. The number of fused-ring (bicyclic) bond motifs is 3. The zero-order valence-corrected chi connectivity index (χ0v) is 17.4. The summed E-state index contributed by atoms with van der Waals surface area (Å²) in [5.41, 5.74) is 5.94. The Bertz CT molecular complexity index is 1240. The van der Waals surface area contributed by atoms with Gasteiger partial charge in [-0.1, -0.05) is 31.8 Å². The van der Waals surface area contributed by atoms with Gasteiger partial charge < -0.3 is 4.42 Å². The fourth-order valence-electron chi connectivity index (χ4n) is 3.94. The number of nitriles is 1. The molecule has 2 aromatic heterocycles. The van der Waals surface area contributed by atoms with E-state index in [9.17, 15) is 5.26 Å². The van der Waals surface area contributed by atoms with E-state index in [0.29, 0.717) is 0 Å². The molecule has 134 valence electrons. The number of hydrogen-bond acceptors (Lipinski definition) is 2. The summed E-state index contributed by atoms with van der Waals surface area (Å²) in [4.78, 5) is 0. The third-order valence-electron chi connectivity index (χ3n) is 5.20. The van der Waals surface area contributed by atoms with Crippen molar-refractivity contribution in [3.8, 4) is 17.3 Å². The van der Waals surface area contributed by atoms with E-state index in [1.165, 1.54) is 5.56 Å². The molecule has 2 heterocycles. The molecule has 0 aliphatic carbocycles. The molecular formula is C23H23N2OSi+. The van der Waals surface area contributed by atoms with Gasteiger partial charge in [0.2, 0.25) is 5.69 Å². The Kier molecular flexibility index (Phi) is 3.94. The summed E-state index contributed by atoms with van der Waals surface area (Å²) in [5, 5.41) is 13.0. The van der Waals surface area contributed by atoms with E-state index in [0.717, 1.165) is 43.9 Å². The van der Waals surface area contributed by atoms with Gasteiger partial charge in [-0.25, -0.2) is 4.57 Å². The Morgan fingerprint density at radius 2 is 1.67 bits per heavy atom. The van der Waals surface area contributed by atoms with Gasteiger partial charge in [-0.3, -0.25) is 0 Å². The van der Waals surface area contributed by atoms with Crippen molar-refractivity contribution in [3.63, 3.8) is 0 Å². The SMILES string of the molecule is Cc1ccc2c(oc3c([Si](C)(C)C)c(C#N)ccc32)c1-c1cccc[n+]1C. The lowest BCUT2D eigenvalue weighted by Crippen LogP contribution is -2.40. The molecule has 27 heavy (non-hydrogen) atoms. The van der Waals surface area contributed by atoms with Crippen LogP contribution in [-0.4, -0.2) is 8.07 Å². The minimum Gasteiger partial charge on any atom is -0.455 e. The van der Waals surface area contributed by atoms with Crippen LogP contribution in [-0.2, 0) is 7.05 Å². The topological polar surface area (TPSA) is 40.8 Å². The Morgan fingerprint density at radius 3 is 2.33 bits per heavy atom. The van der Waals surface area contributed by atoms with Gasteiger partial charge in [-0.05, 0) is 35.9 Å². The molecule has 4 aromatic rings. The Balaban J connectivity index is 2.19. The molecule has 0 radical (unpaired) electrons. The maximum atomic E-state index is 9.66. The highest BCUT2D eigenvalue weighted by atomic mass is 28.3. The molecule has 0 bridgehead atoms. The second-order valence-electron chi connectivity index (χ2n) is 8.16. The zero-order chi connectivity index (χ0) is 19.3. The van der Waals surface area contributed by atoms with Crippen LogP contribution in [0.5, 0.6) is 0 Å². The quantitative estimate of drug-likeness (QED) is 0.375. The van der Waals surface area contributed by atoms with Crippen molar-refractivity contribution in [1.82, 2.24) is 0 Å². The zero-order valence-electron chi connectivity index (χ0n) is 16.4. The number of furan rings is 1. The maximum Gasteiger partial charge on any atom is 0.216 e. The number of pyridine rings is 1. The van der Waals surface area contributed by atoms with E-state index in [4.69, 9.17) is 4.42 Å². The molecule has 4 heteroatoms. The molecular weight excluding hydrogens is 348 g/mol. The van der Waals surface area contributed by atoms with Gasteiger partial charge in [0.15, 0.2) is 6.20 Å². The highest BCUT2D eigenvalue weighted by Crippen LogP contribution is 2.37. The fourth-order valence-corrected chi connectivity index (χ4v) is 5.76. The van der Waals surface area contributed by atoms with Crippen molar-refractivity contribution >= 4 is 35.2 Å². The standard InChI is InChI=1S/C23H23N2OSi/c1-15-9-11-17-18-12-10-16(14-24)23(27(3,4)5)22(18)26-21(17)20(15)19-8-6-7-13-25(19)2/h6-13H,1-5H3/q+1. The van der Waals surface area contributed by atoms with Crippen molar-refractivity contribution in [2.45, 2.75) is 26.6 Å². The van der Waals surface area contributed by atoms with Gasteiger partial charge in [0.05, 0.1) is 25.3 Å². The van der Waals surface area contributed by atoms with Gasteiger partial charge in [-0.15, -0.1) is 0 Å². The number of nitrogens with zero attached hydrogens (tertiary/aromatic N) is 2. The second kappa shape index (κ2) is 6.07. The average Bonchev–Trinajstić information content (AvgIpc) is 2.99. The molecule has 0 aliphatic rings. The summed E-state index contributed by atoms with van der Waals surface area (Å²) in [6.45, 7) is 8.91. The van der Waals surface area contributed by atoms with Crippen LogP contribution in [0.3, 0.4) is 0 Å². The van der Waals surface area contributed by atoms with Crippen LogP contribution < -0.4 is 9.75 Å². The van der Waals surface area contributed by atoms with Crippen LogP contribution in [0.25, 0.3) is 33.2 Å².